The first kappa shape index (κ1) is 20.5. The van der Waals surface area contributed by atoms with Crippen molar-refractivity contribution in [3.05, 3.63) is 95.1 Å². The summed E-state index contributed by atoms with van der Waals surface area (Å²) in [5.41, 5.74) is 1.95. The standard InChI is InChI=1S/C26H22O5/c1-30-21-14-13-18-19(15-20(27)16-9-5-3-6-10-16)22(25(29)23(18)26(21)31-2)24(28)17-11-7-4-8-12-17/h3-14,19,22H,15H2,1-2H3/t19-,22+/m1/s1. The molecule has 1 aliphatic carbocycles. The number of carbonyl (C=O) groups excluding carboxylic acids is 3. The molecule has 0 aromatic heterocycles. The molecule has 0 radical (unpaired) electrons. The van der Waals surface area contributed by atoms with E-state index in [2.05, 4.69) is 0 Å². The van der Waals surface area contributed by atoms with Crippen molar-refractivity contribution in [2.45, 2.75) is 12.3 Å². The molecule has 1 aliphatic rings. The molecule has 0 aliphatic heterocycles. The summed E-state index contributed by atoms with van der Waals surface area (Å²) in [4.78, 5) is 39.9. The second kappa shape index (κ2) is 8.56. The van der Waals surface area contributed by atoms with Crippen molar-refractivity contribution in [1.29, 1.82) is 0 Å². The Bertz CT molecular complexity index is 1140. The first-order chi connectivity index (χ1) is 15.1. The average molecular weight is 414 g/mol. The summed E-state index contributed by atoms with van der Waals surface area (Å²) < 4.78 is 10.8. The van der Waals surface area contributed by atoms with Gasteiger partial charge < -0.3 is 9.47 Å². The van der Waals surface area contributed by atoms with Gasteiger partial charge in [-0.05, 0) is 11.6 Å². The Morgan fingerprint density at radius 3 is 2.00 bits per heavy atom. The summed E-state index contributed by atoms with van der Waals surface area (Å²) in [7, 11) is 2.95. The van der Waals surface area contributed by atoms with E-state index in [4.69, 9.17) is 9.47 Å². The van der Waals surface area contributed by atoms with Crippen LogP contribution in [0.15, 0.2) is 72.8 Å². The summed E-state index contributed by atoms with van der Waals surface area (Å²) in [6.45, 7) is 0. The van der Waals surface area contributed by atoms with Crippen molar-refractivity contribution in [3.63, 3.8) is 0 Å². The van der Waals surface area contributed by atoms with E-state index in [0.717, 1.165) is 0 Å². The zero-order valence-corrected chi connectivity index (χ0v) is 17.3. The molecule has 5 heteroatoms. The second-order valence-corrected chi connectivity index (χ2v) is 7.44. The van der Waals surface area contributed by atoms with E-state index in [1.54, 1.807) is 60.7 Å². The normalized spacial score (nSPS) is 17.2. The summed E-state index contributed by atoms with van der Waals surface area (Å²) in [6.07, 6.45) is 0.0431. The van der Waals surface area contributed by atoms with Crippen LogP contribution in [0, 0.1) is 5.92 Å². The minimum atomic E-state index is -0.994. The van der Waals surface area contributed by atoms with Gasteiger partial charge in [0.1, 0.15) is 0 Å². The molecular formula is C26H22O5. The maximum Gasteiger partial charge on any atom is 0.178 e. The fourth-order valence-corrected chi connectivity index (χ4v) is 4.28. The molecule has 5 nitrogen and oxygen atoms in total. The Hall–Kier alpha value is -3.73. The Morgan fingerprint density at radius 1 is 0.806 bits per heavy atom. The SMILES string of the molecule is COc1ccc2c(c1OC)C(=O)[C@H](C(=O)c1ccccc1)[C@@H]2CC(=O)c1ccccc1. The molecule has 3 aromatic carbocycles. The number of benzene rings is 3. The Kier molecular flexibility index (Phi) is 5.67. The molecule has 0 bridgehead atoms. The number of ketones is 3. The van der Waals surface area contributed by atoms with Gasteiger partial charge in [0.15, 0.2) is 28.8 Å². The molecule has 3 aromatic rings. The van der Waals surface area contributed by atoms with Gasteiger partial charge in [0, 0.05) is 23.5 Å². The average Bonchev–Trinajstić information content (AvgIpc) is 3.10. The molecule has 0 unspecified atom stereocenters. The number of fused-ring (bicyclic) bond motifs is 1. The number of Topliss-reactive ketones (excluding diaryl/α,β-unsaturated/α-hetero) is 3. The molecule has 0 saturated carbocycles. The van der Waals surface area contributed by atoms with Crippen molar-refractivity contribution >= 4 is 17.3 Å². The van der Waals surface area contributed by atoms with Gasteiger partial charge >= 0.3 is 0 Å². The number of hydrogen-bond acceptors (Lipinski definition) is 5. The molecule has 2 atom stereocenters. The minimum Gasteiger partial charge on any atom is -0.493 e. The van der Waals surface area contributed by atoms with Gasteiger partial charge in [-0.25, -0.2) is 0 Å². The first-order valence-electron chi connectivity index (χ1n) is 10.0. The lowest BCUT2D eigenvalue weighted by atomic mass is 9.82. The topological polar surface area (TPSA) is 69.7 Å². The number of rotatable bonds is 7. The van der Waals surface area contributed by atoms with Crippen LogP contribution >= 0.6 is 0 Å². The highest BCUT2D eigenvalue weighted by Crippen LogP contribution is 2.48. The highest BCUT2D eigenvalue weighted by molar-refractivity contribution is 6.21. The van der Waals surface area contributed by atoms with Crippen LogP contribution in [-0.4, -0.2) is 31.6 Å². The molecule has 156 valence electrons. The van der Waals surface area contributed by atoms with Crippen LogP contribution in [0.25, 0.3) is 0 Å². The highest BCUT2D eigenvalue weighted by Gasteiger charge is 2.47. The van der Waals surface area contributed by atoms with E-state index in [1.807, 2.05) is 12.1 Å². The van der Waals surface area contributed by atoms with E-state index < -0.39 is 11.8 Å². The van der Waals surface area contributed by atoms with Crippen molar-refractivity contribution in [2.75, 3.05) is 14.2 Å². The highest BCUT2D eigenvalue weighted by atomic mass is 16.5. The third kappa shape index (κ3) is 3.63. The monoisotopic (exact) mass is 414 g/mol. The fourth-order valence-electron chi connectivity index (χ4n) is 4.28. The molecule has 0 spiro atoms. The predicted octanol–water partition coefficient (Wildman–Crippen LogP) is 4.76. The molecule has 0 saturated heterocycles. The van der Waals surface area contributed by atoms with Gasteiger partial charge in [-0.2, -0.15) is 0 Å². The van der Waals surface area contributed by atoms with Crippen molar-refractivity contribution in [2.24, 2.45) is 5.92 Å². The van der Waals surface area contributed by atoms with Crippen molar-refractivity contribution in [1.82, 2.24) is 0 Å². The maximum absolute atomic E-state index is 13.5. The van der Waals surface area contributed by atoms with E-state index in [1.165, 1.54) is 14.2 Å². The quantitative estimate of drug-likeness (QED) is 0.412. The lowest BCUT2D eigenvalue weighted by Gasteiger charge is -2.18. The minimum absolute atomic E-state index is 0.0431. The van der Waals surface area contributed by atoms with Crippen LogP contribution < -0.4 is 9.47 Å². The smallest absolute Gasteiger partial charge is 0.178 e. The Morgan fingerprint density at radius 2 is 1.42 bits per heavy atom. The Balaban J connectivity index is 1.81. The van der Waals surface area contributed by atoms with E-state index in [0.29, 0.717) is 33.8 Å². The third-order valence-corrected chi connectivity index (χ3v) is 5.75. The number of ether oxygens (including phenoxy) is 2. The lowest BCUT2D eigenvalue weighted by Crippen LogP contribution is -2.26. The lowest BCUT2D eigenvalue weighted by molar-refractivity contribution is 0.0793. The van der Waals surface area contributed by atoms with E-state index >= 15 is 0 Å². The van der Waals surface area contributed by atoms with Crippen LogP contribution in [0.1, 0.15) is 49.0 Å². The Labute approximate surface area is 180 Å². The summed E-state index contributed by atoms with van der Waals surface area (Å²) >= 11 is 0. The second-order valence-electron chi connectivity index (χ2n) is 7.44. The van der Waals surface area contributed by atoms with Gasteiger partial charge in [0.25, 0.3) is 0 Å². The van der Waals surface area contributed by atoms with E-state index in [-0.39, 0.29) is 23.8 Å². The van der Waals surface area contributed by atoms with E-state index in [9.17, 15) is 14.4 Å². The maximum atomic E-state index is 13.5. The van der Waals surface area contributed by atoms with Gasteiger partial charge in [-0.3, -0.25) is 14.4 Å². The molecule has 0 amide bonds. The van der Waals surface area contributed by atoms with Crippen LogP contribution in [0.5, 0.6) is 11.5 Å². The predicted molar refractivity (Wildman–Crippen MR) is 116 cm³/mol. The fraction of sp³-hybridized carbons (Fsp3) is 0.192. The summed E-state index contributed by atoms with van der Waals surface area (Å²) in [5.74, 6) is -1.62. The van der Waals surface area contributed by atoms with Crippen molar-refractivity contribution < 1.29 is 23.9 Å². The first-order valence-corrected chi connectivity index (χ1v) is 10.0. The molecule has 0 N–H and O–H groups in total. The molecule has 0 heterocycles. The zero-order chi connectivity index (χ0) is 22.0. The number of methoxy groups -OCH3 is 2. The molecular weight excluding hydrogens is 392 g/mol. The van der Waals surface area contributed by atoms with Gasteiger partial charge in [-0.15, -0.1) is 0 Å². The largest absolute Gasteiger partial charge is 0.493 e. The molecule has 31 heavy (non-hydrogen) atoms. The molecule has 4 rings (SSSR count). The van der Waals surface area contributed by atoms with Crippen molar-refractivity contribution in [3.8, 4) is 11.5 Å². The van der Waals surface area contributed by atoms with Crippen LogP contribution in [0.2, 0.25) is 0 Å². The van der Waals surface area contributed by atoms with Gasteiger partial charge in [-0.1, -0.05) is 66.7 Å². The zero-order valence-electron chi connectivity index (χ0n) is 17.3. The molecule has 0 fully saturated rings. The third-order valence-electron chi connectivity index (χ3n) is 5.75. The number of carbonyl (C=O) groups is 3. The van der Waals surface area contributed by atoms with Gasteiger partial charge in [0.2, 0.25) is 0 Å². The van der Waals surface area contributed by atoms with Gasteiger partial charge in [0.05, 0.1) is 25.7 Å². The summed E-state index contributed by atoms with van der Waals surface area (Å²) in [6, 6.07) is 21.1. The van der Waals surface area contributed by atoms with Crippen LogP contribution in [-0.2, 0) is 0 Å². The summed E-state index contributed by atoms with van der Waals surface area (Å²) in [5, 5.41) is 0. The van der Waals surface area contributed by atoms with Crippen LogP contribution in [0.4, 0.5) is 0 Å². The van der Waals surface area contributed by atoms with Crippen LogP contribution in [0.3, 0.4) is 0 Å². The number of hydrogen-bond donors (Lipinski definition) is 0.